The van der Waals surface area contributed by atoms with Gasteiger partial charge in [-0.15, -0.1) is 0 Å². The van der Waals surface area contributed by atoms with Crippen LogP contribution in [0.2, 0.25) is 0 Å². The molecule has 1 rings (SSSR count). The predicted octanol–water partition coefficient (Wildman–Crippen LogP) is 0.521. The molecule has 0 amide bonds. The van der Waals surface area contributed by atoms with E-state index >= 15 is 0 Å². The summed E-state index contributed by atoms with van der Waals surface area (Å²) in [6.45, 7) is 1.57. The standard InChI is InChI=1S/C8H11FN2O/c1-5-2-8(9)11-3-6(5)7(10)4-12/h2-3,7,12H,4,10H2,1H3/t7-/m1/s1. The molecule has 1 atom stereocenters. The van der Waals surface area contributed by atoms with Gasteiger partial charge in [0.25, 0.3) is 0 Å². The van der Waals surface area contributed by atoms with E-state index in [1.54, 1.807) is 6.92 Å². The Bertz CT molecular complexity index is 278. The van der Waals surface area contributed by atoms with Gasteiger partial charge in [-0.2, -0.15) is 4.39 Å². The highest BCUT2D eigenvalue weighted by Crippen LogP contribution is 2.13. The summed E-state index contributed by atoms with van der Waals surface area (Å²) in [4.78, 5) is 3.45. The number of halogens is 1. The number of pyridine rings is 1. The van der Waals surface area contributed by atoms with Crippen LogP contribution in [0.5, 0.6) is 0 Å². The highest BCUT2D eigenvalue weighted by molar-refractivity contribution is 5.25. The van der Waals surface area contributed by atoms with Crippen molar-refractivity contribution >= 4 is 0 Å². The van der Waals surface area contributed by atoms with Crippen molar-refractivity contribution in [2.24, 2.45) is 5.73 Å². The molecule has 0 aliphatic heterocycles. The second-order valence-corrected chi connectivity index (χ2v) is 2.65. The van der Waals surface area contributed by atoms with E-state index < -0.39 is 12.0 Å². The molecule has 0 bridgehead atoms. The lowest BCUT2D eigenvalue weighted by atomic mass is 10.1. The molecule has 0 radical (unpaired) electrons. The van der Waals surface area contributed by atoms with Gasteiger partial charge in [-0.05, 0) is 24.1 Å². The third kappa shape index (κ3) is 1.78. The first-order valence-electron chi connectivity index (χ1n) is 3.63. The zero-order valence-corrected chi connectivity index (χ0v) is 6.79. The van der Waals surface area contributed by atoms with Gasteiger partial charge in [0.05, 0.1) is 12.6 Å². The summed E-state index contributed by atoms with van der Waals surface area (Å²) >= 11 is 0. The monoisotopic (exact) mass is 170 g/mol. The van der Waals surface area contributed by atoms with Crippen LogP contribution >= 0.6 is 0 Å². The number of hydrogen-bond acceptors (Lipinski definition) is 3. The normalized spacial score (nSPS) is 13.0. The SMILES string of the molecule is Cc1cc(F)ncc1[C@H](N)CO. The highest BCUT2D eigenvalue weighted by Gasteiger charge is 2.08. The van der Waals surface area contributed by atoms with Crippen LogP contribution in [0.4, 0.5) is 4.39 Å². The van der Waals surface area contributed by atoms with Gasteiger partial charge in [-0.3, -0.25) is 0 Å². The molecule has 66 valence electrons. The largest absolute Gasteiger partial charge is 0.394 e. The molecule has 3 nitrogen and oxygen atoms in total. The molecule has 0 aliphatic carbocycles. The number of nitrogens with zero attached hydrogens (tertiary/aromatic N) is 1. The van der Waals surface area contributed by atoms with E-state index in [4.69, 9.17) is 10.8 Å². The molecule has 0 aliphatic rings. The maximum absolute atomic E-state index is 12.5. The summed E-state index contributed by atoms with van der Waals surface area (Å²) in [5.41, 5.74) is 6.92. The molecular weight excluding hydrogens is 159 g/mol. The molecule has 0 aromatic carbocycles. The van der Waals surface area contributed by atoms with E-state index in [2.05, 4.69) is 4.98 Å². The summed E-state index contributed by atoms with van der Waals surface area (Å²) in [5, 5.41) is 8.74. The fraction of sp³-hybridized carbons (Fsp3) is 0.375. The van der Waals surface area contributed by atoms with Crippen LogP contribution in [0.3, 0.4) is 0 Å². The van der Waals surface area contributed by atoms with Crippen LogP contribution < -0.4 is 5.73 Å². The molecule has 0 fully saturated rings. The molecule has 0 saturated carbocycles. The molecule has 3 N–H and O–H groups in total. The van der Waals surface area contributed by atoms with Crippen LogP contribution in [0.15, 0.2) is 12.3 Å². The number of hydrogen-bond donors (Lipinski definition) is 2. The zero-order valence-electron chi connectivity index (χ0n) is 6.79. The number of aliphatic hydroxyl groups is 1. The molecule has 1 aromatic heterocycles. The number of aliphatic hydroxyl groups excluding tert-OH is 1. The predicted molar refractivity (Wildman–Crippen MR) is 42.9 cm³/mol. The van der Waals surface area contributed by atoms with E-state index in [-0.39, 0.29) is 6.61 Å². The Labute approximate surface area is 70.0 Å². The third-order valence-electron chi connectivity index (χ3n) is 1.71. The minimum absolute atomic E-state index is 0.159. The Morgan fingerprint density at radius 2 is 2.42 bits per heavy atom. The van der Waals surface area contributed by atoms with Gasteiger partial charge >= 0.3 is 0 Å². The van der Waals surface area contributed by atoms with E-state index in [1.807, 2.05) is 0 Å². The lowest BCUT2D eigenvalue weighted by molar-refractivity contribution is 0.267. The number of aromatic nitrogens is 1. The van der Waals surface area contributed by atoms with Crippen molar-refractivity contribution in [2.45, 2.75) is 13.0 Å². The lowest BCUT2D eigenvalue weighted by Gasteiger charge is -2.10. The van der Waals surface area contributed by atoms with E-state index in [9.17, 15) is 4.39 Å². The van der Waals surface area contributed by atoms with E-state index in [0.717, 1.165) is 0 Å². The van der Waals surface area contributed by atoms with Crippen LogP contribution in [-0.2, 0) is 0 Å². The first-order valence-corrected chi connectivity index (χ1v) is 3.63. The van der Waals surface area contributed by atoms with Crippen molar-refractivity contribution in [2.75, 3.05) is 6.61 Å². The molecule has 1 aromatic rings. The fourth-order valence-electron chi connectivity index (χ4n) is 1.02. The molecule has 4 heteroatoms. The summed E-state index contributed by atoms with van der Waals surface area (Å²) < 4.78 is 12.5. The molecule has 1 heterocycles. The number of nitrogens with two attached hydrogens (primary N) is 1. The molecule has 0 spiro atoms. The summed E-state index contributed by atoms with van der Waals surface area (Å²) in [5.74, 6) is -0.526. The molecule has 12 heavy (non-hydrogen) atoms. The van der Waals surface area contributed by atoms with Gasteiger partial charge < -0.3 is 10.8 Å². The Hall–Kier alpha value is -1.00. The van der Waals surface area contributed by atoms with Gasteiger partial charge in [0, 0.05) is 6.20 Å². The van der Waals surface area contributed by atoms with Crippen molar-refractivity contribution < 1.29 is 9.50 Å². The summed E-state index contributed by atoms with van der Waals surface area (Å²) in [7, 11) is 0. The minimum Gasteiger partial charge on any atom is -0.394 e. The first kappa shape index (κ1) is 9.09. The van der Waals surface area contributed by atoms with Gasteiger partial charge in [-0.25, -0.2) is 4.98 Å². The number of aryl methyl sites for hydroxylation is 1. The smallest absolute Gasteiger partial charge is 0.213 e. The van der Waals surface area contributed by atoms with Crippen molar-refractivity contribution in [1.29, 1.82) is 0 Å². The minimum atomic E-state index is -0.526. The lowest BCUT2D eigenvalue weighted by Crippen LogP contribution is -2.16. The van der Waals surface area contributed by atoms with Crippen molar-refractivity contribution in [3.8, 4) is 0 Å². The average Bonchev–Trinajstić information content (AvgIpc) is 2.03. The second-order valence-electron chi connectivity index (χ2n) is 2.65. The molecular formula is C8H11FN2O. The summed E-state index contributed by atoms with van der Waals surface area (Å²) in [6.07, 6.45) is 1.35. The fourth-order valence-corrected chi connectivity index (χ4v) is 1.02. The van der Waals surface area contributed by atoms with E-state index in [1.165, 1.54) is 12.3 Å². The Balaban J connectivity index is 3.01. The van der Waals surface area contributed by atoms with Crippen molar-refractivity contribution in [3.63, 3.8) is 0 Å². The maximum atomic E-state index is 12.5. The zero-order chi connectivity index (χ0) is 9.14. The van der Waals surface area contributed by atoms with Crippen LogP contribution in [0.25, 0.3) is 0 Å². The van der Waals surface area contributed by atoms with Crippen LogP contribution in [0.1, 0.15) is 17.2 Å². The van der Waals surface area contributed by atoms with Crippen LogP contribution in [-0.4, -0.2) is 16.7 Å². The molecule has 0 unspecified atom stereocenters. The van der Waals surface area contributed by atoms with Crippen molar-refractivity contribution in [3.05, 3.63) is 29.3 Å². The second kappa shape index (κ2) is 3.60. The average molecular weight is 170 g/mol. The van der Waals surface area contributed by atoms with E-state index in [0.29, 0.717) is 11.1 Å². The number of rotatable bonds is 2. The van der Waals surface area contributed by atoms with Gasteiger partial charge in [-0.1, -0.05) is 0 Å². The third-order valence-corrected chi connectivity index (χ3v) is 1.71. The van der Waals surface area contributed by atoms with Gasteiger partial charge in [0.2, 0.25) is 5.95 Å². The quantitative estimate of drug-likeness (QED) is 0.636. The Morgan fingerprint density at radius 3 is 2.92 bits per heavy atom. The molecule has 0 saturated heterocycles. The summed E-state index contributed by atoms with van der Waals surface area (Å²) in [6, 6.07) is 0.822. The highest BCUT2D eigenvalue weighted by atomic mass is 19.1. The topological polar surface area (TPSA) is 59.1 Å². The van der Waals surface area contributed by atoms with Crippen molar-refractivity contribution in [1.82, 2.24) is 4.98 Å². The van der Waals surface area contributed by atoms with Crippen LogP contribution in [0, 0.1) is 12.9 Å². The van der Waals surface area contributed by atoms with Gasteiger partial charge in [0.1, 0.15) is 0 Å². The maximum Gasteiger partial charge on any atom is 0.213 e. The Kier molecular flexibility index (Phi) is 2.73. The van der Waals surface area contributed by atoms with Gasteiger partial charge in [0.15, 0.2) is 0 Å². The Morgan fingerprint density at radius 1 is 1.75 bits per heavy atom. The first-order chi connectivity index (χ1) is 5.65.